The molecule has 2 heterocycles. The summed E-state index contributed by atoms with van der Waals surface area (Å²) < 4.78 is 23.2. The average Bonchev–Trinajstić information content (AvgIpc) is 3.21. The lowest BCUT2D eigenvalue weighted by Gasteiger charge is -2.30. The number of esters is 1. The van der Waals surface area contributed by atoms with Gasteiger partial charge < -0.3 is 24.4 Å². The lowest BCUT2D eigenvalue weighted by atomic mass is 9.79. The van der Waals surface area contributed by atoms with Gasteiger partial charge in [-0.1, -0.05) is 15.9 Å². The fourth-order valence-electron chi connectivity index (χ4n) is 3.66. The summed E-state index contributed by atoms with van der Waals surface area (Å²) in [5.41, 5.74) is 6.51. The van der Waals surface area contributed by atoms with Crippen molar-refractivity contribution in [2.75, 3.05) is 7.11 Å². The zero-order valence-corrected chi connectivity index (χ0v) is 17.9. The summed E-state index contributed by atoms with van der Waals surface area (Å²) in [5.74, 6) is 0.566. The summed E-state index contributed by atoms with van der Waals surface area (Å²) in [6, 6.07) is 10.9. The van der Waals surface area contributed by atoms with Gasteiger partial charge in [0.2, 0.25) is 5.88 Å². The Kier molecular flexibility index (Phi) is 5.67. The molecular formula is C22H20BrNO6. The molecule has 156 valence electrons. The minimum Gasteiger partial charge on any atom is -0.486 e. The van der Waals surface area contributed by atoms with Crippen LogP contribution < -0.4 is 10.5 Å². The number of hydrogen-bond acceptors (Lipinski definition) is 7. The summed E-state index contributed by atoms with van der Waals surface area (Å²) >= 11 is 3.38. The van der Waals surface area contributed by atoms with Crippen LogP contribution in [0.5, 0.6) is 5.75 Å². The third-order valence-electron chi connectivity index (χ3n) is 5.05. The van der Waals surface area contributed by atoms with E-state index in [-0.39, 0.29) is 23.8 Å². The van der Waals surface area contributed by atoms with Gasteiger partial charge in [0.1, 0.15) is 35.2 Å². The highest BCUT2D eigenvalue weighted by Crippen LogP contribution is 2.44. The zero-order chi connectivity index (χ0) is 21.3. The quantitative estimate of drug-likeness (QED) is 0.652. The first-order valence-electron chi connectivity index (χ1n) is 9.47. The maximum Gasteiger partial charge on any atom is 0.340 e. The smallest absolute Gasteiger partial charge is 0.340 e. The molecule has 4 rings (SSSR count). The lowest BCUT2D eigenvalue weighted by molar-refractivity contribution is -0.136. The summed E-state index contributed by atoms with van der Waals surface area (Å²) in [6.07, 6.45) is 1.63. The number of benzene rings is 1. The van der Waals surface area contributed by atoms with Crippen LogP contribution in [0.3, 0.4) is 0 Å². The van der Waals surface area contributed by atoms with Crippen molar-refractivity contribution in [1.29, 1.82) is 0 Å². The molecule has 1 atom stereocenters. The van der Waals surface area contributed by atoms with Crippen LogP contribution in [0.4, 0.5) is 0 Å². The van der Waals surface area contributed by atoms with Gasteiger partial charge in [0.15, 0.2) is 5.78 Å². The molecule has 2 N–H and O–H groups in total. The Labute approximate surface area is 181 Å². The fourth-order valence-corrected chi connectivity index (χ4v) is 3.93. The van der Waals surface area contributed by atoms with Gasteiger partial charge in [-0.05, 0) is 42.8 Å². The maximum atomic E-state index is 12.7. The maximum absolute atomic E-state index is 12.7. The van der Waals surface area contributed by atoms with Crippen molar-refractivity contribution in [1.82, 2.24) is 0 Å². The van der Waals surface area contributed by atoms with Crippen LogP contribution in [0.15, 0.2) is 68.1 Å². The van der Waals surface area contributed by atoms with E-state index in [1.165, 1.54) is 7.11 Å². The highest BCUT2D eigenvalue weighted by Gasteiger charge is 2.42. The third kappa shape index (κ3) is 3.87. The van der Waals surface area contributed by atoms with E-state index in [1.807, 2.05) is 24.3 Å². The molecule has 0 unspecified atom stereocenters. The predicted molar refractivity (Wildman–Crippen MR) is 110 cm³/mol. The van der Waals surface area contributed by atoms with Crippen molar-refractivity contribution in [3.05, 3.63) is 75.2 Å². The molecule has 0 saturated heterocycles. The normalized spacial score (nSPS) is 18.7. The second-order valence-corrected chi connectivity index (χ2v) is 7.88. The highest BCUT2D eigenvalue weighted by atomic mass is 79.9. The number of furan rings is 1. The minimum atomic E-state index is -0.768. The van der Waals surface area contributed by atoms with E-state index in [1.54, 1.807) is 12.1 Å². The summed E-state index contributed by atoms with van der Waals surface area (Å²) in [7, 11) is 1.26. The molecule has 1 aromatic heterocycles. The third-order valence-corrected chi connectivity index (χ3v) is 5.58. The van der Waals surface area contributed by atoms with Gasteiger partial charge >= 0.3 is 5.97 Å². The molecule has 0 saturated carbocycles. The number of nitrogens with two attached hydrogens (primary N) is 1. The number of carbonyl (C=O) groups excluding carboxylic acids is 2. The lowest BCUT2D eigenvalue weighted by Crippen LogP contribution is -2.31. The van der Waals surface area contributed by atoms with Gasteiger partial charge in [0.05, 0.1) is 13.0 Å². The topological polar surface area (TPSA) is 101 Å². The number of Topliss-reactive ketones (excluding diaryl/α,β-unsaturated/α-hetero) is 1. The van der Waals surface area contributed by atoms with E-state index in [2.05, 4.69) is 15.9 Å². The number of halogens is 1. The van der Waals surface area contributed by atoms with Crippen molar-refractivity contribution < 1.29 is 28.2 Å². The van der Waals surface area contributed by atoms with Crippen LogP contribution in [0.25, 0.3) is 0 Å². The van der Waals surface area contributed by atoms with E-state index in [4.69, 9.17) is 24.4 Å². The Morgan fingerprint density at radius 3 is 2.70 bits per heavy atom. The number of ketones is 1. The first kappa shape index (κ1) is 20.3. The van der Waals surface area contributed by atoms with Crippen molar-refractivity contribution in [3.63, 3.8) is 0 Å². The van der Waals surface area contributed by atoms with Crippen molar-refractivity contribution in [2.24, 2.45) is 5.73 Å². The Morgan fingerprint density at radius 1 is 1.20 bits per heavy atom. The second-order valence-electron chi connectivity index (χ2n) is 6.96. The largest absolute Gasteiger partial charge is 0.486 e. The van der Waals surface area contributed by atoms with E-state index in [9.17, 15) is 9.59 Å². The summed E-state index contributed by atoms with van der Waals surface area (Å²) in [4.78, 5) is 25.1. The molecular weight excluding hydrogens is 454 g/mol. The minimum absolute atomic E-state index is 0.0654. The molecule has 2 aliphatic rings. The van der Waals surface area contributed by atoms with E-state index in [0.717, 1.165) is 4.47 Å². The predicted octanol–water partition coefficient (Wildman–Crippen LogP) is 4.09. The Bertz CT molecular complexity index is 1050. The average molecular weight is 474 g/mol. The van der Waals surface area contributed by atoms with Gasteiger partial charge in [-0.3, -0.25) is 4.79 Å². The molecule has 7 nitrogen and oxygen atoms in total. The van der Waals surface area contributed by atoms with Crippen LogP contribution in [0.1, 0.15) is 36.7 Å². The van der Waals surface area contributed by atoms with Crippen molar-refractivity contribution in [2.45, 2.75) is 31.8 Å². The molecule has 1 aliphatic heterocycles. The van der Waals surface area contributed by atoms with Gasteiger partial charge in [-0.15, -0.1) is 0 Å². The summed E-state index contributed by atoms with van der Waals surface area (Å²) in [5, 5.41) is 0. The van der Waals surface area contributed by atoms with Crippen LogP contribution in [-0.4, -0.2) is 18.9 Å². The van der Waals surface area contributed by atoms with Crippen LogP contribution in [0, 0.1) is 0 Å². The number of hydrogen-bond donors (Lipinski definition) is 1. The zero-order valence-electron chi connectivity index (χ0n) is 16.3. The van der Waals surface area contributed by atoms with Crippen LogP contribution in [0.2, 0.25) is 0 Å². The van der Waals surface area contributed by atoms with E-state index in [0.29, 0.717) is 47.9 Å². The van der Waals surface area contributed by atoms with Crippen LogP contribution >= 0.6 is 15.9 Å². The van der Waals surface area contributed by atoms with E-state index >= 15 is 0 Å². The van der Waals surface area contributed by atoms with Crippen molar-refractivity contribution in [3.8, 4) is 5.75 Å². The Morgan fingerprint density at radius 2 is 1.97 bits per heavy atom. The number of rotatable bonds is 5. The number of carbonyl (C=O) groups is 2. The Hall–Kier alpha value is -3.00. The number of allylic oxidation sites excluding steroid dienone is 2. The molecule has 0 fully saturated rings. The summed E-state index contributed by atoms with van der Waals surface area (Å²) in [6.45, 7) is 0.192. The molecule has 1 aliphatic carbocycles. The molecule has 0 radical (unpaired) electrons. The van der Waals surface area contributed by atoms with E-state index < -0.39 is 11.9 Å². The van der Waals surface area contributed by atoms with Gasteiger partial charge in [-0.2, -0.15) is 0 Å². The van der Waals surface area contributed by atoms with Crippen molar-refractivity contribution >= 4 is 27.7 Å². The van der Waals surface area contributed by atoms with Gasteiger partial charge in [0.25, 0.3) is 0 Å². The molecule has 0 amide bonds. The highest BCUT2D eigenvalue weighted by molar-refractivity contribution is 9.10. The fraction of sp³-hybridized carbons (Fsp3) is 0.273. The molecule has 8 heteroatoms. The monoisotopic (exact) mass is 473 g/mol. The van der Waals surface area contributed by atoms with Gasteiger partial charge in [-0.25, -0.2) is 4.79 Å². The first-order valence-corrected chi connectivity index (χ1v) is 10.3. The van der Waals surface area contributed by atoms with Gasteiger partial charge in [0, 0.05) is 22.9 Å². The molecule has 30 heavy (non-hydrogen) atoms. The molecule has 0 spiro atoms. The number of ether oxygens (including phenoxy) is 3. The molecule has 2 aromatic rings. The first-order chi connectivity index (χ1) is 14.5. The SMILES string of the molecule is COC(=O)C1=C(N)OC2=C(C(=O)CCC2)[C@@H]1c1ccc(COc2ccc(Br)cc2)o1. The van der Waals surface area contributed by atoms with Crippen LogP contribution in [-0.2, 0) is 25.7 Å². The standard InChI is InChI=1S/C22H20BrNO6/c1-27-22(26)20-19(18-15(25)3-2-4-16(18)30-21(20)24)17-10-9-14(29-17)11-28-13-7-5-12(23)6-8-13/h5-10,19H,2-4,11,24H2,1H3/t19-/m0/s1. The Balaban J connectivity index is 1.64. The molecule has 1 aromatic carbocycles. The molecule has 0 bridgehead atoms. The number of methoxy groups -OCH3 is 1. The second kappa shape index (κ2) is 8.39.